The Bertz CT molecular complexity index is 550. The van der Waals surface area contributed by atoms with Crippen LogP contribution in [0.25, 0.3) is 0 Å². The summed E-state index contributed by atoms with van der Waals surface area (Å²) in [7, 11) is 0. The Labute approximate surface area is 109 Å². The number of hydrogen-bond acceptors (Lipinski definition) is 6. The average molecular weight is 263 g/mol. The number of non-ortho nitro benzene ring substituents is 1. The number of aryl methyl sites for hydroxylation is 1. The first kappa shape index (κ1) is 13.0. The first-order valence-corrected chi connectivity index (χ1v) is 5.87. The van der Waals surface area contributed by atoms with Gasteiger partial charge in [0.05, 0.1) is 4.92 Å². The Morgan fingerprint density at radius 1 is 1.37 bits per heavy atom. The van der Waals surface area contributed by atoms with Gasteiger partial charge in [0.25, 0.3) is 11.6 Å². The summed E-state index contributed by atoms with van der Waals surface area (Å²) in [6, 6.07) is 5.82. The van der Waals surface area contributed by atoms with Gasteiger partial charge in [-0.15, -0.1) is 0 Å². The van der Waals surface area contributed by atoms with Crippen LogP contribution < -0.4 is 4.74 Å². The van der Waals surface area contributed by atoms with Gasteiger partial charge >= 0.3 is 0 Å². The summed E-state index contributed by atoms with van der Waals surface area (Å²) >= 11 is 0. The zero-order chi connectivity index (χ0) is 13.7. The lowest BCUT2D eigenvalue weighted by Crippen LogP contribution is -1.96. The van der Waals surface area contributed by atoms with E-state index in [1.54, 1.807) is 0 Å². The second kappa shape index (κ2) is 5.94. The molecule has 0 N–H and O–H groups in total. The molecule has 0 unspecified atom stereocenters. The molecule has 1 aromatic carbocycles. The van der Waals surface area contributed by atoms with E-state index >= 15 is 0 Å². The van der Waals surface area contributed by atoms with Crippen LogP contribution in [0.5, 0.6) is 5.75 Å². The van der Waals surface area contributed by atoms with Crippen LogP contribution in [0.4, 0.5) is 5.69 Å². The molecule has 100 valence electrons. The molecule has 0 amide bonds. The molecular weight excluding hydrogens is 250 g/mol. The van der Waals surface area contributed by atoms with Gasteiger partial charge in [-0.1, -0.05) is 12.1 Å². The monoisotopic (exact) mass is 263 g/mol. The standard InChI is InChI=1S/C12H13N3O4/c1-2-3-11-13-12(19-14-11)8-18-10-6-4-9(5-7-10)15(16)17/h4-7H,2-3,8H2,1H3. The van der Waals surface area contributed by atoms with E-state index in [0.29, 0.717) is 17.5 Å². The van der Waals surface area contributed by atoms with E-state index in [4.69, 9.17) is 9.26 Å². The minimum absolute atomic E-state index is 0.0235. The Morgan fingerprint density at radius 3 is 2.74 bits per heavy atom. The smallest absolute Gasteiger partial charge is 0.269 e. The fourth-order valence-corrected chi connectivity index (χ4v) is 1.48. The SMILES string of the molecule is CCCc1noc(COc2ccc([N+](=O)[O-])cc2)n1. The van der Waals surface area contributed by atoms with Crippen molar-refractivity contribution in [1.82, 2.24) is 10.1 Å². The topological polar surface area (TPSA) is 91.3 Å². The summed E-state index contributed by atoms with van der Waals surface area (Å²) in [5.74, 6) is 1.56. The van der Waals surface area contributed by atoms with Crippen LogP contribution in [0, 0.1) is 10.1 Å². The molecule has 2 aromatic rings. The van der Waals surface area contributed by atoms with Crippen LogP contribution in [0.3, 0.4) is 0 Å². The molecule has 0 bridgehead atoms. The highest BCUT2D eigenvalue weighted by Crippen LogP contribution is 2.18. The van der Waals surface area contributed by atoms with E-state index in [0.717, 1.165) is 12.8 Å². The molecule has 0 aliphatic rings. The molecule has 0 atom stereocenters. The van der Waals surface area contributed by atoms with Gasteiger partial charge in [-0.2, -0.15) is 4.98 Å². The van der Waals surface area contributed by atoms with E-state index in [2.05, 4.69) is 10.1 Å². The molecule has 0 radical (unpaired) electrons. The van der Waals surface area contributed by atoms with Crippen LogP contribution in [-0.2, 0) is 13.0 Å². The van der Waals surface area contributed by atoms with Crippen molar-refractivity contribution in [3.8, 4) is 5.75 Å². The van der Waals surface area contributed by atoms with Crippen LogP contribution >= 0.6 is 0 Å². The number of ether oxygens (including phenoxy) is 1. The lowest BCUT2D eigenvalue weighted by Gasteiger charge is -2.01. The van der Waals surface area contributed by atoms with Gasteiger partial charge in [-0.25, -0.2) is 0 Å². The number of nitrogens with zero attached hydrogens (tertiary/aromatic N) is 3. The van der Waals surface area contributed by atoms with E-state index in [1.807, 2.05) is 6.92 Å². The predicted octanol–water partition coefficient (Wildman–Crippen LogP) is 2.51. The van der Waals surface area contributed by atoms with Crippen molar-refractivity contribution in [3.05, 3.63) is 46.1 Å². The summed E-state index contributed by atoms with van der Waals surface area (Å²) in [4.78, 5) is 14.2. The average Bonchev–Trinajstić information content (AvgIpc) is 2.85. The number of nitro groups is 1. The van der Waals surface area contributed by atoms with Gasteiger partial charge in [0.15, 0.2) is 12.4 Å². The Balaban J connectivity index is 1.92. The van der Waals surface area contributed by atoms with Crippen LogP contribution in [0.1, 0.15) is 25.1 Å². The summed E-state index contributed by atoms with van der Waals surface area (Å²) < 4.78 is 10.4. The van der Waals surface area contributed by atoms with Crippen LogP contribution in [0.15, 0.2) is 28.8 Å². The van der Waals surface area contributed by atoms with Gasteiger partial charge in [-0.05, 0) is 18.6 Å². The van der Waals surface area contributed by atoms with Crippen molar-refractivity contribution < 1.29 is 14.2 Å². The summed E-state index contributed by atoms with van der Waals surface area (Å²) in [5, 5.41) is 14.3. The van der Waals surface area contributed by atoms with E-state index < -0.39 is 4.92 Å². The number of hydrogen-bond donors (Lipinski definition) is 0. The molecule has 0 aliphatic carbocycles. The Morgan fingerprint density at radius 2 is 2.11 bits per heavy atom. The molecule has 1 aromatic heterocycles. The quantitative estimate of drug-likeness (QED) is 0.587. The highest BCUT2D eigenvalue weighted by Gasteiger charge is 2.08. The van der Waals surface area contributed by atoms with Crippen molar-refractivity contribution in [1.29, 1.82) is 0 Å². The van der Waals surface area contributed by atoms with Crippen molar-refractivity contribution in [3.63, 3.8) is 0 Å². The lowest BCUT2D eigenvalue weighted by atomic mass is 10.3. The van der Waals surface area contributed by atoms with Crippen molar-refractivity contribution >= 4 is 5.69 Å². The highest BCUT2D eigenvalue weighted by atomic mass is 16.6. The molecule has 1 heterocycles. The predicted molar refractivity (Wildman–Crippen MR) is 65.7 cm³/mol. The van der Waals surface area contributed by atoms with Crippen molar-refractivity contribution in [2.75, 3.05) is 0 Å². The lowest BCUT2D eigenvalue weighted by molar-refractivity contribution is -0.384. The minimum Gasteiger partial charge on any atom is -0.484 e. The summed E-state index contributed by atoms with van der Waals surface area (Å²) in [6.07, 6.45) is 1.71. The van der Waals surface area contributed by atoms with Crippen LogP contribution in [0.2, 0.25) is 0 Å². The van der Waals surface area contributed by atoms with E-state index in [1.165, 1.54) is 24.3 Å². The zero-order valence-corrected chi connectivity index (χ0v) is 10.4. The third-order valence-electron chi connectivity index (χ3n) is 2.39. The van der Waals surface area contributed by atoms with Crippen LogP contribution in [-0.4, -0.2) is 15.1 Å². The molecule has 19 heavy (non-hydrogen) atoms. The maximum atomic E-state index is 10.5. The molecule has 0 saturated heterocycles. The third-order valence-corrected chi connectivity index (χ3v) is 2.39. The molecule has 0 saturated carbocycles. The second-order valence-corrected chi connectivity index (χ2v) is 3.89. The maximum absolute atomic E-state index is 10.5. The summed E-state index contributed by atoms with van der Waals surface area (Å²) in [5.41, 5.74) is 0.0235. The number of benzene rings is 1. The first-order valence-electron chi connectivity index (χ1n) is 5.87. The maximum Gasteiger partial charge on any atom is 0.269 e. The largest absolute Gasteiger partial charge is 0.484 e. The zero-order valence-electron chi connectivity index (χ0n) is 10.4. The van der Waals surface area contributed by atoms with E-state index in [-0.39, 0.29) is 12.3 Å². The van der Waals surface area contributed by atoms with Gasteiger partial charge in [0.2, 0.25) is 0 Å². The highest BCUT2D eigenvalue weighted by molar-refractivity contribution is 5.35. The first-order chi connectivity index (χ1) is 9.19. The Kier molecular flexibility index (Phi) is 4.07. The molecule has 7 nitrogen and oxygen atoms in total. The molecule has 0 aliphatic heterocycles. The van der Waals surface area contributed by atoms with Gasteiger partial charge < -0.3 is 9.26 Å². The summed E-state index contributed by atoms with van der Waals surface area (Å²) in [6.45, 7) is 2.18. The number of rotatable bonds is 6. The fraction of sp³-hybridized carbons (Fsp3) is 0.333. The van der Waals surface area contributed by atoms with Gasteiger partial charge in [0.1, 0.15) is 5.75 Å². The third kappa shape index (κ3) is 3.51. The van der Waals surface area contributed by atoms with Gasteiger partial charge in [-0.3, -0.25) is 10.1 Å². The van der Waals surface area contributed by atoms with Gasteiger partial charge in [0, 0.05) is 18.6 Å². The molecular formula is C12H13N3O4. The van der Waals surface area contributed by atoms with Crippen molar-refractivity contribution in [2.24, 2.45) is 0 Å². The van der Waals surface area contributed by atoms with Crippen molar-refractivity contribution in [2.45, 2.75) is 26.4 Å². The fourth-order valence-electron chi connectivity index (χ4n) is 1.48. The molecule has 0 fully saturated rings. The Hall–Kier alpha value is -2.44. The number of nitro benzene ring substituents is 1. The molecule has 2 rings (SSSR count). The molecule has 7 heteroatoms. The molecule has 0 spiro atoms. The second-order valence-electron chi connectivity index (χ2n) is 3.89. The number of aromatic nitrogens is 2. The normalized spacial score (nSPS) is 10.4. The van der Waals surface area contributed by atoms with E-state index in [9.17, 15) is 10.1 Å². The minimum atomic E-state index is -0.460.